The van der Waals surface area contributed by atoms with Crippen molar-refractivity contribution < 1.29 is 97.0 Å². The smallest absolute Gasteiger partial charge is 0.225 e. The summed E-state index contributed by atoms with van der Waals surface area (Å²) in [6, 6.07) is -7.94. The number of halogens is 21. The van der Waals surface area contributed by atoms with Gasteiger partial charge in [-0.15, -0.1) is 0 Å². The maximum atomic E-state index is 13.6. The van der Waals surface area contributed by atoms with Crippen LogP contribution in [0.5, 0.6) is 0 Å². The van der Waals surface area contributed by atoms with Crippen LogP contribution in [0.25, 0.3) is 0 Å². The largest absolute Gasteiger partial charge is 0.460 e. The summed E-state index contributed by atoms with van der Waals surface area (Å²) in [5.74, 6) is -56.3. The lowest BCUT2D eigenvalue weighted by atomic mass is 10.00. The Hall–Kier alpha value is -1.55. The van der Waals surface area contributed by atoms with Crippen LogP contribution in [0.3, 0.4) is 0 Å². The quantitative estimate of drug-likeness (QED) is 0.208. The molecule has 0 bridgehead atoms. The Kier molecular flexibility index (Phi) is 6.05. The Labute approximate surface area is 163 Å². The van der Waals surface area contributed by atoms with Crippen LogP contribution in [-0.2, 0) is 4.84 Å². The van der Waals surface area contributed by atoms with Crippen LogP contribution in [-0.4, -0.2) is 65.0 Å². The van der Waals surface area contributed by atoms with E-state index >= 15 is 0 Å². The molecule has 0 aliphatic carbocycles. The molecule has 0 aromatic rings. The minimum absolute atomic E-state index is 2.05. The zero-order chi connectivity index (χ0) is 27.3. The monoisotopic (exact) mass is 549 g/mol. The van der Waals surface area contributed by atoms with Crippen LogP contribution in [0.4, 0.5) is 92.2 Å². The highest BCUT2D eigenvalue weighted by molar-refractivity contribution is 5.13. The third kappa shape index (κ3) is 3.38. The SMILES string of the molecule is FC(F)(F)C(F)(F)C(F)(F)C(F)(F)C(F)(F)N1O[C@]1(F)C(F)(F)C(F)(F)C(F)(F)C(F)(F)F. The standard InChI is InChI=1S/C10F21NO/c11-1(12,3(15,16)7(23,24)25)5(19,20)9(29,30)32-10(31,33-32)6(21,22)2(13,14)4(17,18)8(26,27)28/t10-,32?/m0/s1. The van der Waals surface area contributed by atoms with Gasteiger partial charge in [0.05, 0.1) is 0 Å². The van der Waals surface area contributed by atoms with Gasteiger partial charge in [0.25, 0.3) is 0 Å². The Morgan fingerprint density at radius 2 is 0.727 bits per heavy atom. The minimum atomic E-state index is -8.41. The van der Waals surface area contributed by atoms with Crippen molar-refractivity contribution in [3.05, 3.63) is 0 Å². The molecular weight excluding hydrogens is 549 g/mol. The molecule has 0 N–H and O–H groups in total. The molecule has 23 heteroatoms. The number of alkyl halides is 21. The summed E-state index contributed by atoms with van der Waals surface area (Å²) in [5, 5.41) is -3.50. The van der Waals surface area contributed by atoms with E-state index in [4.69, 9.17) is 0 Å². The number of hydroxylamine groups is 2. The molecule has 1 fully saturated rings. The van der Waals surface area contributed by atoms with Crippen LogP contribution < -0.4 is 0 Å². The number of hydrogen-bond donors (Lipinski definition) is 0. The fourth-order valence-corrected chi connectivity index (χ4v) is 1.78. The zero-order valence-electron chi connectivity index (χ0n) is 13.8. The van der Waals surface area contributed by atoms with E-state index in [1.54, 1.807) is 0 Å². The van der Waals surface area contributed by atoms with Gasteiger partial charge < -0.3 is 0 Å². The minimum Gasteiger partial charge on any atom is -0.225 e. The van der Waals surface area contributed by atoms with E-state index in [0.29, 0.717) is 0 Å². The lowest BCUT2D eigenvalue weighted by molar-refractivity contribution is -0.441. The van der Waals surface area contributed by atoms with Gasteiger partial charge in [-0.2, -0.15) is 92.2 Å². The Bertz CT molecular complexity index is 762. The molecular formula is C10F21NO. The Balaban J connectivity index is 3.54. The topological polar surface area (TPSA) is 15.5 Å². The van der Waals surface area contributed by atoms with Gasteiger partial charge >= 0.3 is 59.9 Å². The van der Waals surface area contributed by atoms with E-state index in [1.165, 1.54) is 0 Å². The maximum Gasteiger partial charge on any atom is 0.460 e. The summed E-state index contributed by atoms with van der Waals surface area (Å²) in [4.78, 5) is 2.05. The highest BCUT2D eigenvalue weighted by Gasteiger charge is 2.98. The fraction of sp³-hybridized carbons (Fsp3) is 1.00. The van der Waals surface area contributed by atoms with Crippen molar-refractivity contribution >= 4 is 0 Å². The summed E-state index contributed by atoms with van der Waals surface area (Å²) < 4.78 is 267. The van der Waals surface area contributed by atoms with E-state index < -0.39 is 65.0 Å². The van der Waals surface area contributed by atoms with Crippen molar-refractivity contribution in [3.8, 4) is 0 Å². The molecule has 198 valence electrons. The summed E-state index contributed by atoms with van der Waals surface area (Å²) in [7, 11) is 0. The van der Waals surface area contributed by atoms with Gasteiger partial charge in [-0.05, 0) is 5.06 Å². The molecule has 0 radical (unpaired) electrons. The van der Waals surface area contributed by atoms with Crippen molar-refractivity contribution in [3.63, 3.8) is 0 Å². The Morgan fingerprint density at radius 3 is 1.03 bits per heavy atom. The molecule has 1 aliphatic heterocycles. The van der Waals surface area contributed by atoms with Crippen molar-refractivity contribution in [1.82, 2.24) is 5.06 Å². The van der Waals surface area contributed by atoms with Crippen LogP contribution in [0.2, 0.25) is 0 Å². The molecule has 0 saturated carbocycles. The van der Waals surface area contributed by atoms with E-state index in [-0.39, 0.29) is 0 Å². The molecule has 1 aliphatic rings. The second kappa shape index (κ2) is 6.77. The lowest BCUT2D eigenvalue weighted by Crippen LogP contribution is -2.70. The van der Waals surface area contributed by atoms with Gasteiger partial charge in [0.15, 0.2) is 0 Å². The highest BCUT2D eigenvalue weighted by Crippen LogP contribution is 2.67. The average molecular weight is 549 g/mol. The normalized spacial score (nSPS) is 24.8. The van der Waals surface area contributed by atoms with Gasteiger partial charge in [0, 0.05) is 0 Å². The molecule has 1 heterocycles. The Morgan fingerprint density at radius 1 is 0.424 bits per heavy atom. The van der Waals surface area contributed by atoms with Gasteiger partial charge in [-0.1, -0.05) is 0 Å². The fourth-order valence-electron chi connectivity index (χ4n) is 1.78. The molecule has 0 aromatic heterocycles. The van der Waals surface area contributed by atoms with Crippen LogP contribution in [0.15, 0.2) is 0 Å². The first-order chi connectivity index (χ1) is 13.8. The van der Waals surface area contributed by atoms with Gasteiger partial charge in [0.1, 0.15) is 0 Å². The zero-order valence-corrected chi connectivity index (χ0v) is 13.8. The number of hydrogen-bond acceptors (Lipinski definition) is 2. The summed E-state index contributed by atoms with van der Waals surface area (Å²) >= 11 is 0. The molecule has 1 saturated heterocycles. The first kappa shape index (κ1) is 29.5. The van der Waals surface area contributed by atoms with E-state index in [9.17, 15) is 92.2 Å². The summed E-state index contributed by atoms with van der Waals surface area (Å²) in [6.45, 7) is 0. The highest BCUT2D eigenvalue weighted by atomic mass is 19.4. The summed E-state index contributed by atoms with van der Waals surface area (Å²) in [5.41, 5.74) is 0. The first-order valence-electron chi connectivity index (χ1n) is 6.80. The number of nitrogens with zero attached hydrogens (tertiary/aromatic N) is 1. The van der Waals surface area contributed by atoms with Gasteiger partial charge in [-0.3, -0.25) is 0 Å². The summed E-state index contributed by atoms with van der Waals surface area (Å²) in [6.07, 6.45) is -15.5. The van der Waals surface area contributed by atoms with Crippen LogP contribution in [0, 0.1) is 0 Å². The van der Waals surface area contributed by atoms with Crippen LogP contribution in [0.1, 0.15) is 0 Å². The second-order valence-electron chi connectivity index (χ2n) is 5.93. The molecule has 0 spiro atoms. The first-order valence-corrected chi connectivity index (χ1v) is 6.80. The van der Waals surface area contributed by atoms with Gasteiger partial charge in [-0.25, -0.2) is 4.84 Å². The van der Waals surface area contributed by atoms with Gasteiger partial charge in [0.2, 0.25) is 0 Å². The van der Waals surface area contributed by atoms with Crippen molar-refractivity contribution in [1.29, 1.82) is 0 Å². The molecule has 0 aromatic carbocycles. The maximum absolute atomic E-state index is 13.6. The molecule has 2 nitrogen and oxygen atoms in total. The third-order valence-corrected chi connectivity index (χ3v) is 3.75. The van der Waals surface area contributed by atoms with Crippen molar-refractivity contribution in [2.75, 3.05) is 0 Å². The predicted octanol–water partition coefficient (Wildman–Crippen LogP) is 6.39. The van der Waals surface area contributed by atoms with E-state index in [2.05, 4.69) is 4.84 Å². The van der Waals surface area contributed by atoms with Crippen LogP contribution >= 0.6 is 0 Å². The molecule has 1 unspecified atom stereocenters. The van der Waals surface area contributed by atoms with E-state index in [0.717, 1.165) is 0 Å². The third-order valence-electron chi connectivity index (χ3n) is 3.75. The van der Waals surface area contributed by atoms with Crippen molar-refractivity contribution in [2.24, 2.45) is 0 Å². The van der Waals surface area contributed by atoms with Crippen molar-refractivity contribution in [2.45, 2.75) is 59.9 Å². The lowest BCUT2D eigenvalue weighted by Gasteiger charge is -2.37. The number of rotatable bonds is 7. The predicted molar refractivity (Wildman–Crippen MR) is 53.5 cm³/mol. The molecule has 0 amide bonds. The second-order valence-corrected chi connectivity index (χ2v) is 5.93. The van der Waals surface area contributed by atoms with E-state index in [1.807, 2.05) is 0 Å². The average Bonchev–Trinajstić information content (AvgIpc) is 3.26. The molecule has 1 rings (SSSR count). The molecule has 33 heavy (non-hydrogen) atoms. The molecule has 2 atom stereocenters.